The Kier molecular flexibility index (Phi) is 4.43. The molecule has 2 unspecified atom stereocenters. The van der Waals surface area contributed by atoms with Gasteiger partial charge in [-0.15, -0.1) is 0 Å². The van der Waals surface area contributed by atoms with Gasteiger partial charge in [0.2, 0.25) is 0 Å². The fourth-order valence-electron chi connectivity index (χ4n) is 2.93. The highest BCUT2D eigenvalue weighted by molar-refractivity contribution is 5.11. The molecule has 102 valence electrons. The van der Waals surface area contributed by atoms with Crippen molar-refractivity contribution >= 4 is 0 Å². The monoisotopic (exact) mass is 251 g/mol. The summed E-state index contributed by atoms with van der Waals surface area (Å²) in [5.41, 5.74) is 5.97. The van der Waals surface area contributed by atoms with Crippen LogP contribution in [0.5, 0.6) is 0 Å². The van der Waals surface area contributed by atoms with E-state index in [1.54, 1.807) is 0 Å². The summed E-state index contributed by atoms with van der Waals surface area (Å²) < 4.78 is 5.77. The number of furan rings is 1. The van der Waals surface area contributed by atoms with Crippen molar-refractivity contribution < 1.29 is 4.42 Å². The number of rotatable bonds is 5. The Bertz CT molecular complexity index is 375. The topological polar surface area (TPSA) is 45.6 Å². The smallest absolute Gasteiger partial charge is 0.122 e. The molecule has 1 aliphatic rings. The number of aryl methyl sites for hydroxylation is 1. The van der Waals surface area contributed by atoms with Gasteiger partial charge in [-0.2, -0.15) is 0 Å². The summed E-state index contributed by atoms with van der Waals surface area (Å²) in [5, 5.41) is 0. The highest BCUT2D eigenvalue weighted by Crippen LogP contribution is 2.30. The van der Waals surface area contributed by atoms with Crippen LogP contribution in [-0.4, -0.2) is 49.6 Å². The van der Waals surface area contributed by atoms with Crippen molar-refractivity contribution in [3.05, 3.63) is 23.7 Å². The Morgan fingerprint density at radius 2 is 2.28 bits per heavy atom. The minimum atomic E-state index is 0.228. The predicted molar refractivity (Wildman–Crippen MR) is 73.5 cm³/mol. The molecule has 0 aliphatic carbocycles. The van der Waals surface area contributed by atoms with E-state index in [0.717, 1.165) is 24.6 Å². The average molecular weight is 251 g/mol. The highest BCUT2D eigenvalue weighted by Gasteiger charge is 2.32. The number of nitrogens with zero attached hydrogens (tertiary/aromatic N) is 2. The lowest BCUT2D eigenvalue weighted by molar-refractivity contribution is 0.139. The molecule has 1 aromatic heterocycles. The fourth-order valence-corrected chi connectivity index (χ4v) is 2.93. The van der Waals surface area contributed by atoms with Gasteiger partial charge in [0.1, 0.15) is 11.5 Å². The molecule has 4 nitrogen and oxygen atoms in total. The molecule has 1 aromatic rings. The Labute approximate surface area is 110 Å². The first-order chi connectivity index (χ1) is 8.61. The summed E-state index contributed by atoms with van der Waals surface area (Å²) in [7, 11) is 4.26. The zero-order chi connectivity index (χ0) is 13.1. The number of likely N-dealkylation sites (N-methyl/N-ethyl adjacent to an activating group) is 1. The minimum Gasteiger partial charge on any atom is -0.465 e. The third-order valence-corrected chi connectivity index (χ3v) is 3.71. The van der Waals surface area contributed by atoms with E-state index in [0.29, 0.717) is 12.6 Å². The molecule has 2 atom stereocenters. The molecule has 0 radical (unpaired) electrons. The summed E-state index contributed by atoms with van der Waals surface area (Å²) in [4.78, 5) is 4.77. The van der Waals surface area contributed by atoms with Gasteiger partial charge >= 0.3 is 0 Å². The van der Waals surface area contributed by atoms with Gasteiger partial charge in [-0.05, 0) is 52.5 Å². The molecule has 1 aliphatic heterocycles. The van der Waals surface area contributed by atoms with Crippen LogP contribution in [0.1, 0.15) is 30.4 Å². The van der Waals surface area contributed by atoms with Crippen molar-refractivity contribution in [3.63, 3.8) is 0 Å². The van der Waals surface area contributed by atoms with Crippen LogP contribution < -0.4 is 5.73 Å². The van der Waals surface area contributed by atoms with Gasteiger partial charge in [-0.1, -0.05) is 0 Å². The zero-order valence-corrected chi connectivity index (χ0v) is 11.7. The van der Waals surface area contributed by atoms with Gasteiger partial charge in [0.25, 0.3) is 0 Å². The molecule has 0 spiro atoms. The van der Waals surface area contributed by atoms with Crippen molar-refractivity contribution in [1.29, 1.82) is 0 Å². The molecule has 0 aromatic carbocycles. The number of hydrogen-bond acceptors (Lipinski definition) is 4. The fraction of sp³-hybridized carbons (Fsp3) is 0.714. The minimum absolute atomic E-state index is 0.228. The largest absolute Gasteiger partial charge is 0.465 e. The summed E-state index contributed by atoms with van der Waals surface area (Å²) in [6.07, 6.45) is 2.52. The predicted octanol–water partition coefficient (Wildman–Crippen LogP) is 1.61. The van der Waals surface area contributed by atoms with Crippen molar-refractivity contribution in [2.75, 3.05) is 33.7 Å². The van der Waals surface area contributed by atoms with Gasteiger partial charge in [0, 0.05) is 19.1 Å². The Morgan fingerprint density at radius 3 is 2.83 bits per heavy atom. The van der Waals surface area contributed by atoms with E-state index in [1.807, 2.05) is 13.0 Å². The van der Waals surface area contributed by atoms with E-state index in [9.17, 15) is 0 Å². The maximum Gasteiger partial charge on any atom is 0.122 e. The van der Waals surface area contributed by atoms with E-state index in [1.165, 1.54) is 12.8 Å². The Balaban J connectivity index is 2.11. The standard InChI is InChI=1S/C14H25N3O/c1-11-6-7-14(18-11)13(9-15)17-8-4-5-12(17)10-16(2)3/h6-7,12-13H,4-5,8-10,15H2,1-3H3. The molecule has 4 heteroatoms. The summed E-state index contributed by atoms with van der Waals surface area (Å²) in [5.74, 6) is 1.98. The van der Waals surface area contributed by atoms with E-state index in [-0.39, 0.29) is 6.04 Å². The van der Waals surface area contributed by atoms with Crippen LogP contribution in [0.15, 0.2) is 16.5 Å². The summed E-state index contributed by atoms with van der Waals surface area (Å²) in [6, 6.07) is 4.91. The molecule has 2 N–H and O–H groups in total. The molecule has 0 bridgehead atoms. The lowest BCUT2D eigenvalue weighted by atomic mass is 10.1. The van der Waals surface area contributed by atoms with Crippen LogP contribution in [0.4, 0.5) is 0 Å². The third-order valence-electron chi connectivity index (χ3n) is 3.71. The molecule has 18 heavy (non-hydrogen) atoms. The van der Waals surface area contributed by atoms with Gasteiger partial charge in [-0.3, -0.25) is 4.90 Å². The number of nitrogens with two attached hydrogens (primary N) is 1. The Morgan fingerprint density at radius 1 is 1.50 bits per heavy atom. The normalized spacial score (nSPS) is 22.8. The summed E-state index contributed by atoms with van der Waals surface area (Å²) in [6.45, 7) is 4.82. The lowest BCUT2D eigenvalue weighted by Gasteiger charge is -2.32. The van der Waals surface area contributed by atoms with E-state index >= 15 is 0 Å². The number of hydrogen-bond donors (Lipinski definition) is 1. The van der Waals surface area contributed by atoms with Crippen LogP contribution >= 0.6 is 0 Å². The van der Waals surface area contributed by atoms with Gasteiger partial charge in [0.15, 0.2) is 0 Å². The molecule has 1 fully saturated rings. The van der Waals surface area contributed by atoms with Crippen LogP contribution in [0.3, 0.4) is 0 Å². The highest BCUT2D eigenvalue weighted by atomic mass is 16.3. The van der Waals surface area contributed by atoms with Crippen LogP contribution in [-0.2, 0) is 0 Å². The van der Waals surface area contributed by atoms with Crippen LogP contribution in [0.2, 0.25) is 0 Å². The first-order valence-corrected chi connectivity index (χ1v) is 6.78. The van der Waals surface area contributed by atoms with Crippen molar-refractivity contribution in [2.24, 2.45) is 5.73 Å². The maximum atomic E-state index is 5.97. The molecular weight excluding hydrogens is 226 g/mol. The van der Waals surface area contributed by atoms with Crippen LogP contribution in [0, 0.1) is 6.92 Å². The summed E-state index contributed by atoms with van der Waals surface area (Å²) >= 11 is 0. The zero-order valence-electron chi connectivity index (χ0n) is 11.7. The number of likely N-dealkylation sites (tertiary alicyclic amines) is 1. The average Bonchev–Trinajstić information content (AvgIpc) is 2.90. The molecule has 2 heterocycles. The first-order valence-electron chi connectivity index (χ1n) is 6.78. The first kappa shape index (κ1) is 13.6. The molecule has 1 saturated heterocycles. The van der Waals surface area contributed by atoms with Gasteiger partial charge < -0.3 is 15.1 Å². The second-order valence-corrected chi connectivity index (χ2v) is 5.50. The van der Waals surface area contributed by atoms with E-state index in [2.05, 4.69) is 30.0 Å². The van der Waals surface area contributed by atoms with E-state index in [4.69, 9.17) is 10.2 Å². The third kappa shape index (κ3) is 2.94. The quantitative estimate of drug-likeness (QED) is 0.863. The maximum absolute atomic E-state index is 5.97. The Hall–Kier alpha value is -0.840. The van der Waals surface area contributed by atoms with Gasteiger partial charge in [-0.25, -0.2) is 0 Å². The second-order valence-electron chi connectivity index (χ2n) is 5.50. The van der Waals surface area contributed by atoms with Crippen molar-refractivity contribution in [3.8, 4) is 0 Å². The van der Waals surface area contributed by atoms with Crippen molar-refractivity contribution in [2.45, 2.75) is 31.8 Å². The molecule has 0 amide bonds. The lowest BCUT2D eigenvalue weighted by Crippen LogP contribution is -2.42. The SMILES string of the molecule is Cc1ccc(C(CN)N2CCCC2CN(C)C)o1. The second kappa shape index (κ2) is 5.87. The molecule has 0 saturated carbocycles. The van der Waals surface area contributed by atoms with Gasteiger partial charge in [0.05, 0.1) is 6.04 Å². The van der Waals surface area contributed by atoms with Crippen LogP contribution in [0.25, 0.3) is 0 Å². The molecule has 2 rings (SSSR count). The van der Waals surface area contributed by atoms with Crippen molar-refractivity contribution in [1.82, 2.24) is 9.80 Å². The van der Waals surface area contributed by atoms with E-state index < -0.39 is 0 Å². The molecular formula is C14H25N3O.